The van der Waals surface area contributed by atoms with Gasteiger partial charge in [-0.05, 0) is 85.3 Å². The average Bonchev–Trinajstić information content (AvgIpc) is 4.12. The molecule has 7 aromatic rings. The summed E-state index contributed by atoms with van der Waals surface area (Å²) in [6.07, 6.45) is 1.50. The summed E-state index contributed by atoms with van der Waals surface area (Å²) in [4.78, 5) is 92.2. The van der Waals surface area contributed by atoms with Gasteiger partial charge < -0.3 is 19.4 Å². The number of aromatic nitrogens is 3. The molecule has 0 radical (unpaired) electrons. The van der Waals surface area contributed by atoms with Crippen LogP contribution in [0.2, 0.25) is 0 Å². The quantitative estimate of drug-likeness (QED) is 0.102. The number of Topliss-reactive ketones (excluding diaryl/α,β-unsaturated/α-hetero) is 1. The van der Waals surface area contributed by atoms with E-state index in [1.165, 1.54) is 15.7 Å². The summed E-state index contributed by atoms with van der Waals surface area (Å²) in [5.74, 6) is -4.94. The highest BCUT2D eigenvalue weighted by Gasteiger charge is 2.64. The van der Waals surface area contributed by atoms with Gasteiger partial charge in [-0.2, -0.15) is 0 Å². The van der Waals surface area contributed by atoms with Crippen LogP contribution in [0.4, 0.5) is 0 Å². The third-order valence-electron chi connectivity index (χ3n) is 12.4. The van der Waals surface area contributed by atoms with Gasteiger partial charge in [0.1, 0.15) is 12.0 Å². The van der Waals surface area contributed by atoms with Crippen molar-refractivity contribution < 1.29 is 43.4 Å². The van der Waals surface area contributed by atoms with E-state index in [1.807, 2.05) is 24.3 Å². The Balaban J connectivity index is 1.28. The predicted octanol–water partition coefficient (Wildman–Crippen LogP) is 5.64. The number of benzene rings is 4. The number of rotatable bonds is 14. The number of aliphatic carboxylic acids is 2. The Hall–Kier alpha value is -6.77. The highest BCUT2D eigenvalue weighted by atomic mass is 16.4. The Labute approximate surface area is 336 Å². The van der Waals surface area contributed by atoms with E-state index in [1.54, 1.807) is 94.4 Å². The molecule has 14 nitrogen and oxygen atoms in total. The van der Waals surface area contributed by atoms with E-state index in [-0.39, 0.29) is 42.5 Å². The first-order chi connectivity index (χ1) is 28.6. The van der Waals surface area contributed by atoms with Crippen LogP contribution >= 0.6 is 0 Å². The molecule has 2 aliphatic rings. The summed E-state index contributed by atoms with van der Waals surface area (Å²) in [5.41, 5.74) is -2.84. The summed E-state index contributed by atoms with van der Waals surface area (Å²) < 4.78 is 9.85. The zero-order valence-electron chi connectivity index (χ0n) is 31.8. The molecule has 0 spiro atoms. The van der Waals surface area contributed by atoms with Gasteiger partial charge in [0.15, 0.2) is 28.9 Å². The van der Waals surface area contributed by atoms with Crippen molar-refractivity contribution >= 4 is 57.9 Å². The highest BCUT2D eigenvalue weighted by Crippen LogP contribution is 2.50. The molecule has 14 heteroatoms. The van der Waals surface area contributed by atoms with E-state index >= 15 is 9.59 Å². The Morgan fingerprint density at radius 2 is 1.32 bits per heavy atom. The number of likely N-dealkylation sites (tertiary alicyclic amines) is 2. The van der Waals surface area contributed by atoms with Crippen LogP contribution in [-0.2, 0) is 30.3 Å². The molecule has 0 aliphatic carbocycles. The van der Waals surface area contributed by atoms with Gasteiger partial charge in [0.25, 0.3) is 5.91 Å². The number of carboxylic acid groups (broad SMARTS) is 2. The number of carbonyl (C=O) groups is 6. The van der Waals surface area contributed by atoms with Gasteiger partial charge in [0, 0.05) is 35.2 Å². The Morgan fingerprint density at radius 3 is 1.88 bits per heavy atom. The molecule has 2 fully saturated rings. The monoisotopic (exact) mass is 793 g/mol. The van der Waals surface area contributed by atoms with Crippen LogP contribution in [0.15, 0.2) is 120 Å². The second-order valence-electron chi connectivity index (χ2n) is 15.4. The van der Waals surface area contributed by atoms with Crippen molar-refractivity contribution in [3.8, 4) is 0 Å². The second kappa shape index (κ2) is 14.3. The van der Waals surface area contributed by atoms with E-state index in [4.69, 9.17) is 9.40 Å². The lowest BCUT2D eigenvalue weighted by Gasteiger charge is -2.47. The van der Waals surface area contributed by atoms with Gasteiger partial charge in [-0.1, -0.05) is 60.7 Å². The van der Waals surface area contributed by atoms with Crippen LogP contribution in [0.3, 0.4) is 0 Å². The van der Waals surface area contributed by atoms with E-state index in [0.29, 0.717) is 42.3 Å². The Kier molecular flexibility index (Phi) is 9.13. The molecule has 4 bridgehead atoms. The van der Waals surface area contributed by atoms with Gasteiger partial charge in [0.2, 0.25) is 11.8 Å². The molecule has 2 aromatic carbocycles. The summed E-state index contributed by atoms with van der Waals surface area (Å²) in [6, 6.07) is 30.5. The number of aldehydes is 1. The van der Waals surface area contributed by atoms with Crippen molar-refractivity contribution in [2.24, 2.45) is 0 Å². The fourth-order valence-corrected chi connectivity index (χ4v) is 9.91. The molecule has 4 atom stereocenters. The summed E-state index contributed by atoms with van der Waals surface area (Å²) in [7, 11) is 0. The van der Waals surface area contributed by atoms with Crippen molar-refractivity contribution in [1.29, 1.82) is 0 Å². The van der Waals surface area contributed by atoms with Crippen LogP contribution in [0.1, 0.15) is 70.9 Å². The highest BCUT2D eigenvalue weighted by molar-refractivity contribution is 6.05. The molecule has 2 saturated heterocycles. The summed E-state index contributed by atoms with van der Waals surface area (Å²) >= 11 is 0. The SMILES string of the molecule is O=CC(c1ccccc1)(c1cnc(C(C(=O)CC(=O)O)(c2ccccc2)N2CCC[C@]2(CC(=O)O)C(=O)n2c3ccc2cc3)o1)N1CCCC1C(=O)n1c2ccc1cc2. The largest absolute Gasteiger partial charge is 0.481 e. The molecular weight excluding hydrogens is 755 g/mol. The topological polar surface area (TPSA) is 185 Å². The molecular formula is C45H39N5O9. The van der Waals surface area contributed by atoms with Crippen molar-refractivity contribution in [2.75, 3.05) is 13.1 Å². The fraction of sp³-hybridized carbons (Fsp3) is 0.267. The smallest absolute Gasteiger partial charge is 0.310 e. The minimum absolute atomic E-state index is 0.00970. The zero-order valence-corrected chi connectivity index (χ0v) is 31.8. The Bertz CT molecular complexity index is 2620. The van der Waals surface area contributed by atoms with Gasteiger partial charge in [-0.25, -0.2) is 4.98 Å². The molecule has 9 rings (SSSR count). The lowest BCUT2D eigenvalue weighted by atomic mass is 9.77. The van der Waals surface area contributed by atoms with E-state index in [9.17, 15) is 29.4 Å². The number of fused-ring (bicyclic) bond motifs is 4. The van der Waals surface area contributed by atoms with Crippen molar-refractivity contribution in [3.05, 3.63) is 138 Å². The molecule has 0 amide bonds. The molecule has 2 N–H and O–H groups in total. The van der Waals surface area contributed by atoms with Gasteiger partial charge in [-0.3, -0.25) is 42.9 Å². The van der Waals surface area contributed by atoms with E-state index in [2.05, 4.69) is 0 Å². The minimum Gasteiger partial charge on any atom is -0.481 e. The third-order valence-corrected chi connectivity index (χ3v) is 12.4. The summed E-state index contributed by atoms with van der Waals surface area (Å²) in [5, 5.41) is 20.7. The maximum Gasteiger partial charge on any atom is 0.310 e. The average molecular weight is 794 g/mol. The van der Waals surface area contributed by atoms with Crippen molar-refractivity contribution in [2.45, 2.75) is 61.2 Å². The van der Waals surface area contributed by atoms with E-state index in [0.717, 1.165) is 11.0 Å². The lowest BCUT2D eigenvalue weighted by Crippen LogP contribution is -2.64. The van der Waals surface area contributed by atoms with Crippen LogP contribution < -0.4 is 0 Å². The zero-order chi connectivity index (χ0) is 41.1. The molecule has 298 valence electrons. The third kappa shape index (κ3) is 5.58. The number of oxazole rings is 1. The molecule has 0 saturated carbocycles. The summed E-state index contributed by atoms with van der Waals surface area (Å²) in [6.45, 7) is 0.283. The second-order valence-corrected chi connectivity index (χ2v) is 15.4. The van der Waals surface area contributed by atoms with Gasteiger partial charge >= 0.3 is 11.9 Å². The number of nitrogens with zero attached hydrogens (tertiary/aromatic N) is 5. The lowest BCUT2D eigenvalue weighted by molar-refractivity contribution is -0.148. The van der Waals surface area contributed by atoms with Gasteiger partial charge in [-0.15, -0.1) is 0 Å². The Morgan fingerprint density at radius 1 is 0.746 bits per heavy atom. The molecule has 5 aromatic heterocycles. The van der Waals surface area contributed by atoms with Crippen LogP contribution in [0, 0.1) is 0 Å². The van der Waals surface area contributed by atoms with Crippen molar-refractivity contribution in [1.82, 2.24) is 23.9 Å². The molecule has 59 heavy (non-hydrogen) atoms. The van der Waals surface area contributed by atoms with Crippen molar-refractivity contribution in [3.63, 3.8) is 0 Å². The van der Waals surface area contributed by atoms with Gasteiger partial charge in [0.05, 0.1) is 18.7 Å². The predicted molar refractivity (Wildman–Crippen MR) is 212 cm³/mol. The normalized spacial score (nSPS) is 20.8. The first-order valence-corrected chi connectivity index (χ1v) is 19.5. The number of carboxylic acids is 2. The maximum atomic E-state index is 15.2. The first kappa shape index (κ1) is 37.8. The number of hydrogen-bond acceptors (Lipinski definition) is 10. The molecule has 7 heterocycles. The molecule has 2 aliphatic heterocycles. The first-order valence-electron chi connectivity index (χ1n) is 19.5. The standard InChI is InChI=1S/C45H39N5O9/c51-28-44(29-9-3-1-4-10-29,47-23-7-13-35(47)40(57)49-31-14-15-32(49)17-16-31)37-27-46-41(59-37)45(36(52)25-38(53)54,30-11-5-2-6-12-30)48-24-8-22-43(48,26-39(55)56)42(58)50-33-18-19-34(50)21-20-33/h1-6,9-12,14-21,27-28,35H,7-8,13,22-26H2,(H,53,54)(H,55,56)/t35?,43-,44?,45?/m0/s1. The fourth-order valence-electron chi connectivity index (χ4n) is 9.91. The maximum absolute atomic E-state index is 15.2. The van der Waals surface area contributed by atoms with Crippen LogP contribution in [0.25, 0.3) is 22.1 Å². The van der Waals surface area contributed by atoms with E-state index < -0.39 is 59.1 Å². The molecule has 3 unspecified atom stereocenters. The number of carbonyl (C=O) groups excluding carboxylic acids is 4. The minimum atomic E-state index is -2.29. The van der Waals surface area contributed by atoms with Crippen LogP contribution in [-0.4, -0.2) is 94.6 Å². The number of hydrogen-bond donors (Lipinski definition) is 2. The van der Waals surface area contributed by atoms with Crippen LogP contribution in [0.5, 0.6) is 0 Å². The number of ketones is 1.